The van der Waals surface area contributed by atoms with Crippen LogP contribution in [0, 0.1) is 12.3 Å². The van der Waals surface area contributed by atoms with Gasteiger partial charge in [0.2, 0.25) is 0 Å². The second-order valence-corrected chi connectivity index (χ2v) is 19.0. The Balaban J connectivity index is 2.74. The van der Waals surface area contributed by atoms with E-state index in [0.29, 0.717) is 6.42 Å². The van der Waals surface area contributed by atoms with Gasteiger partial charge in [0.25, 0.3) is 0 Å². The van der Waals surface area contributed by atoms with Gasteiger partial charge in [-0.05, 0) is 0 Å². The Morgan fingerprint density at radius 2 is 1.80 bits per heavy atom. The van der Waals surface area contributed by atoms with E-state index in [4.69, 9.17) is 0 Å². The van der Waals surface area contributed by atoms with Crippen LogP contribution in [0.4, 0.5) is 0 Å². The second kappa shape index (κ2) is 12.2. The summed E-state index contributed by atoms with van der Waals surface area (Å²) in [7, 11) is -1.25. The zero-order valence-electron chi connectivity index (χ0n) is 15.7. The Kier molecular flexibility index (Phi) is 11.6. The van der Waals surface area contributed by atoms with E-state index in [-0.39, 0.29) is 5.75 Å². The molecule has 0 radical (unpaired) electrons. The Labute approximate surface area is 173 Å². The van der Waals surface area contributed by atoms with Crippen molar-refractivity contribution in [1.82, 2.24) is 0 Å². The molecule has 3 nitrogen and oxygen atoms in total. The van der Waals surface area contributed by atoms with Crippen LogP contribution >= 0.6 is 11.9 Å². The fourth-order valence-electron chi connectivity index (χ4n) is 2.97. The molecular formula is C19H31BrHgO3S. The number of aliphatic hydroxyl groups excluding tert-OH is 2. The summed E-state index contributed by atoms with van der Waals surface area (Å²) in [5.74, 6) is 0.187. The molecule has 0 aromatic heterocycles. The third-order valence-corrected chi connectivity index (χ3v) is 14.9. The van der Waals surface area contributed by atoms with E-state index in [0.717, 1.165) is 27.2 Å². The third kappa shape index (κ3) is 7.69. The number of rotatable bonds is 12. The van der Waals surface area contributed by atoms with Crippen LogP contribution in [0.15, 0.2) is 29.2 Å². The van der Waals surface area contributed by atoms with E-state index in [1.54, 1.807) is 0 Å². The molecule has 0 saturated carbocycles. The van der Waals surface area contributed by atoms with Crippen molar-refractivity contribution in [1.29, 1.82) is 0 Å². The van der Waals surface area contributed by atoms with Crippen molar-refractivity contribution in [2.45, 2.75) is 73.9 Å². The summed E-state index contributed by atoms with van der Waals surface area (Å²) in [4.78, 5) is 0.743. The van der Waals surface area contributed by atoms with E-state index in [1.807, 2.05) is 38.1 Å². The molecule has 1 aromatic rings. The average molecular weight is 620 g/mol. The van der Waals surface area contributed by atoms with Gasteiger partial charge >= 0.3 is 174 Å². The minimum absolute atomic E-state index is 0.187. The molecule has 0 saturated heterocycles. The van der Waals surface area contributed by atoms with Crippen LogP contribution in [0.1, 0.15) is 51.5 Å². The van der Waals surface area contributed by atoms with Crippen molar-refractivity contribution in [3.63, 3.8) is 0 Å². The first-order valence-corrected chi connectivity index (χ1v) is 26.3. The van der Waals surface area contributed by atoms with Crippen LogP contribution in [0.25, 0.3) is 0 Å². The zero-order chi connectivity index (χ0) is 18.9. The Hall–Kier alpha value is 0.705. The summed E-state index contributed by atoms with van der Waals surface area (Å²) in [6.45, 7) is 6.14. The van der Waals surface area contributed by atoms with Gasteiger partial charge in [0, 0.05) is 0 Å². The number of unbranched alkanes of at least 4 members (excludes halogenated alkanes) is 3. The Morgan fingerprint density at radius 3 is 2.36 bits per heavy atom. The molecule has 0 amide bonds. The van der Waals surface area contributed by atoms with Gasteiger partial charge in [0.15, 0.2) is 0 Å². The van der Waals surface area contributed by atoms with Crippen molar-refractivity contribution in [3.05, 3.63) is 29.8 Å². The SMILES string of the molecule is CCCCCC[C@@H](O)[C@@](C)([CH2][Hg][Br])[C@H](O)C[S@@](=O)c1ccc(C)cc1. The zero-order valence-corrected chi connectivity index (χ0v) is 23.6. The molecule has 6 heteroatoms. The van der Waals surface area contributed by atoms with Crippen LogP contribution in [-0.2, 0) is 32.9 Å². The molecule has 25 heavy (non-hydrogen) atoms. The molecule has 140 valence electrons. The van der Waals surface area contributed by atoms with Crippen LogP contribution in [0.2, 0.25) is 3.93 Å². The standard InChI is InChI=1S/C19H31O3S.BrH.Hg/c1-5-6-7-8-9-17(20)19(3,4)18(21)14-23(22)16-12-10-15(2)11-13-16;;/h10-13,17-18,20-21H,3,5-9,14H2,1-2,4H3;1H;/q;;+1/p-1/t17-,18-,19+,23-;;/m1../s1. The van der Waals surface area contributed by atoms with E-state index in [2.05, 4.69) is 18.8 Å². The maximum absolute atomic E-state index is 12.6. The summed E-state index contributed by atoms with van der Waals surface area (Å²) in [6, 6.07) is 7.61. The summed E-state index contributed by atoms with van der Waals surface area (Å²) < 4.78 is 13.5. The average Bonchev–Trinajstić information content (AvgIpc) is 2.59. The molecule has 0 bridgehead atoms. The minimum atomic E-state index is -1.25. The number of benzene rings is 1. The molecule has 0 spiro atoms. The molecule has 0 aliphatic carbocycles. The molecular weight excluding hydrogens is 589 g/mol. The van der Waals surface area contributed by atoms with Gasteiger partial charge in [-0.15, -0.1) is 0 Å². The number of aryl methyl sites for hydroxylation is 1. The van der Waals surface area contributed by atoms with E-state index >= 15 is 0 Å². The topological polar surface area (TPSA) is 57.5 Å². The first-order chi connectivity index (χ1) is 11.8. The molecule has 0 unspecified atom stereocenters. The number of hydrogen-bond acceptors (Lipinski definition) is 3. The predicted molar refractivity (Wildman–Crippen MR) is 105 cm³/mol. The second-order valence-electron chi connectivity index (χ2n) is 7.15. The van der Waals surface area contributed by atoms with Crippen LogP contribution < -0.4 is 0 Å². The Morgan fingerprint density at radius 1 is 1.16 bits per heavy atom. The van der Waals surface area contributed by atoms with Gasteiger partial charge in [-0.1, -0.05) is 0 Å². The van der Waals surface area contributed by atoms with E-state index < -0.39 is 50.6 Å². The van der Waals surface area contributed by atoms with Crippen molar-refractivity contribution in [3.8, 4) is 0 Å². The number of hydrogen-bond donors (Lipinski definition) is 2. The van der Waals surface area contributed by atoms with Gasteiger partial charge in [-0.25, -0.2) is 0 Å². The van der Waals surface area contributed by atoms with Crippen LogP contribution in [0.3, 0.4) is 0 Å². The molecule has 0 aliphatic rings. The molecule has 0 aliphatic heterocycles. The number of aliphatic hydroxyl groups is 2. The molecule has 0 heterocycles. The summed E-state index contributed by atoms with van der Waals surface area (Å²) in [6.07, 6.45) is 3.88. The van der Waals surface area contributed by atoms with Crippen molar-refractivity contribution in [2.24, 2.45) is 5.41 Å². The summed E-state index contributed by atoms with van der Waals surface area (Å²) in [5.41, 5.74) is 0.569. The van der Waals surface area contributed by atoms with Crippen LogP contribution in [0.5, 0.6) is 0 Å². The maximum atomic E-state index is 12.6. The molecule has 4 atom stereocenters. The molecule has 1 rings (SSSR count). The first kappa shape index (κ1) is 23.7. The molecule has 1 aromatic carbocycles. The van der Waals surface area contributed by atoms with Crippen molar-refractivity contribution in [2.75, 3.05) is 5.75 Å². The molecule has 2 N–H and O–H groups in total. The third-order valence-electron chi connectivity index (χ3n) is 5.08. The summed E-state index contributed by atoms with van der Waals surface area (Å²) in [5, 5.41) is 21.6. The monoisotopic (exact) mass is 620 g/mol. The van der Waals surface area contributed by atoms with Gasteiger partial charge < -0.3 is 0 Å². The first-order valence-electron chi connectivity index (χ1n) is 9.22. The van der Waals surface area contributed by atoms with Gasteiger partial charge in [-0.2, -0.15) is 0 Å². The van der Waals surface area contributed by atoms with Crippen molar-refractivity contribution < 1.29 is 36.6 Å². The quantitative estimate of drug-likeness (QED) is 0.266. The summed E-state index contributed by atoms with van der Waals surface area (Å²) >= 11 is 2.41. The predicted octanol–water partition coefficient (Wildman–Crippen LogP) is 4.61. The van der Waals surface area contributed by atoms with Gasteiger partial charge in [0.05, 0.1) is 0 Å². The normalized spacial score (nSPS) is 17.4. The molecule has 0 fully saturated rings. The van der Waals surface area contributed by atoms with Gasteiger partial charge in [-0.3, -0.25) is 0 Å². The van der Waals surface area contributed by atoms with Crippen LogP contribution in [-0.4, -0.2) is 32.4 Å². The van der Waals surface area contributed by atoms with E-state index in [9.17, 15) is 14.4 Å². The fraction of sp³-hybridized carbons (Fsp3) is 0.684. The van der Waals surface area contributed by atoms with Crippen molar-refractivity contribution >= 4 is 22.7 Å². The fourth-order valence-corrected chi connectivity index (χ4v) is 15.9. The van der Waals surface area contributed by atoms with E-state index in [1.165, 1.54) is 12.8 Å². The van der Waals surface area contributed by atoms with Gasteiger partial charge in [0.1, 0.15) is 0 Å². The number of halogens is 1. The Bertz CT molecular complexity index is 526.